The van der Waals surface area contributed by atoms with Gasteiger partial charge >= 0.3 is 0 Å². The van der Waals surface area contributed by atoms with E-state index in [4.69, 9.17) is 0 Å². The molecule has 0 aromatic rings. The molecule has 0 aromatic carbocycles. The number of hydrogen-bond donors (Lipinski definition) is 0. The molecule has 0 bridgehead atoms. The Morgan fingerprint density at radius 2 is 0.250 bits per heavy atom. The molecule has 0 saturated heterocycles. The van der Waals surface area contributed by atoms with E-state index in [0.717, 1.165) is 0 Å². The summed E-state index contributed by atoms with van der Waals surface area (Å²) < 4.78 is 0. The SMILES string of the molecule is [Ge].[Ge].[Ge].[Ti].[Ti].[Ti].[Ti].[Ti]. The van der Waals surface area contributed by atoms with Crippen molar-refractivity contribution in [1.29, 1.82) is 0 Å². The quantitative estimate of drug-likeness (QED) is 0.404. The van der Waals surface area contributed by atoms with Crippen LogP contribution in [-0.4, -0.2) is 52.8 Å². The van der Waals surface area contributed by atoms with Gasteiger partial charge in [-0.3, -0.25) is 0 Å². The second kappa shape index (κ2) is 56.6. The van der Waals surface area contributed by atoms with E-state index >= 15 is 0 Å². The third-order valence-electron chi connectivity index (χ3n) is 0. The second-order valence-corrected chi connectivity index (χ2v) is 0. The molecule has 0 saturated carbocycles. The van der Waals surface area contributed by atoms with Gasteiger partial charge in [-0.2, -0.15) is 0 Å². The Bertz CT molecular complexity index is 7.64. The molecule has 0 unspecified atom stereocenters. The Kier molecular flexibility index (Phi) is 514. The fourth-order valence-electron chi connectivity index (χ4n) is 0. The van der Waals surface area contributed by atoms with Gasteiger partial charge in [-0.05, 0) is 0 Å². The Hall–Kier alpha value is 5.20. The normalized spacial score (nSPS) is 0. The zero-order chi connectivity index (χ0) is 0. The van der Waals surface area contributed by atoms with E-state index in [1.165, 1.54) is 0 Å². The molecule has 0 aliphatic heterocycles. The first-order valence-corrected chi connectivity index (χ1v) is 0. The Balaban J connectivity index is 0. The van der Waals surface area contributed by atoms with E-state index in [1.807, 2.05) is 0 Å². The molecular weight excluding hydrogens is 457 g/mol. The minimum atomic E-state index is 0. The standard InChI is InChI=1S/3Ge.5Ti. The van der Waals surface area contributed by atoms with Gasteiger partial charge in [-0.1, -0.05) is 0 Å². The molecule has 0 rings (SSSR count). The molecule has 32 valence electrons. The monoisotopic (exact) mass is 462 g/mol. The van der Waals surface area contributed by atoms with Gasteiger partial charge in [0.2, 0.25) is 0 Å². The van der Waals surface area contributed by atoms with Crippen molar-refractivity contribution in [2.24, 2.45) is 0 Å². The summed E-state index contributed by atoms with van der Waals surface area (Å²) in [7, 11) is 0. The van der Waals surface area contributed by atoms with E-state index in [2.05, 4.69) is 0 Å². The average Bonchev–Trinajstić information content (AvgIpc) is 0. The number of hydrogen-bond acceptors (Lipinski definition) is 0. The van der Waals surface area contributed by atoms with Crippen molar-refractivity contribution < 1.29 is 109 Å². The molecule has 0 nitrogen and oxygen atoms in total. The summed E-state index contributed by atoms with van der Waals surface area (Å²) in [6.07, 6.45) is 0. The van der Waals surface area contributed by atoms with E-state index in [1.54, 1.807) is 0 Å². The molecule has 0 aliphatic carbocycles. The summed E-state index contributed by atoms with van der Waals surface area (Å²) in [5.74, 6) is 0. The summed E-state index contributed by atoms with van der Waals surface area (Å²) in [6, 6.07) is 0. The Labute approximate surface area is 158 Å². The van der Waals surface area contributed by atoms with Crippen LogP contribution < -0.4 is 0 Å². The van der Waals surface area contributed by atoms with Crippen molar-refractivity contribution in [2.75, 3.05) is 0 Å². The van der Waals surface area contributed by atoms with Gasteiger partial charge in [0.15, 0.2) is 0 Å². The van der Waals surface area contributed by atoms with Crippen LogP contribution in [0.2, 0.25) is 0 Å². The first-order chi connectivity index (χ1) is 0. The summed E-state index contributed by atoms with van der Waals surface area (Å²) in [4.78, 5) is 0. The minimum absolute atomic E-state index is 0. The van der Waals surface area contributed by atoms with Crippen LogP contribution in [0.1, 0.15) is 0 Å². The predicted molar refractivity (Wildman–Crippen MR) is 17.3 cm³/mol. The van der Waals surface area contributed by atoms with Crippen LogP contribution in [0, 0.1) is 0 Å². The third kappa shape index (κ3) is 43.1. The molecule has 0 N–H and O–H groups in total. The smallest absolute Gasteiger partial charge is 0 e. The molecule has 0 amide bonds. The van der Waals surface area contributed by atoms with Crippen LogP contribution >= 0.6 is 0 Å². The molecule has 0 aromatic heterocycles. The largest absolute Gasteiger partial charge is 0 e. The Morgan fingerprint density at radius 3 is 0.250 bits per heavy atom. The molecule has 0 atom stereocenters. The van der Waals surface area contributed by atoms with Crippen molar-refractivity contribution in [1.82, 2.24) is 0 Å². The minimum Gasteiger partial charge on any atom is 0 e. The molecule has 12 radical (unpaired) electrons. The van der Waals surface area contributed by atoms with Crippen LogP contribution in [-0.2, 0) is 109 Å². The zero-order valence-electron chi connectivity index (χ0n) is 4.00. The summed E-state index contributed by atoms with van der Waals surface area (Å²) in [5.41, 5.74) is 0. The molecule has 0 aliphatic rings. The van der Waals surface area contributed by atoms with E-state index in [0.29, 0.717) is 0 Å². The molecule has 0 spiro atoms. The first-order valence-electron chi connectivity index (χ1n) is 0. The Morgan fingerprint density at radius 1 is 0.250 bits per heavy atom. The van der Waals surface area contributed by atoms with Crippen LogP contribution in [0.25, 0.3) is 0 Å². The van der Waals surface area contributed by atoms with Gasteiger partial charge in [-0.15, -0.1) is 0 Å². The summed E-state index contributed by atoms with van der Waals surface area (Å²) >= 11 is 0. The van der Waals surface area contributed by atoms with Gasteiger partial charge < -0.3 is 0 Å². The maximum atomic E-state index is 0. The van der Waals surface area contributed by atoms with Crippen molar-refractivity contribution in [3.8, 4) is 0 Å². The van der Waals surface area contributed by atoms with Crippen LogP contribution in [0.5, 0.6) is 0 Å². The van der Waals surface area contributed by atoms with Crippen LogP contribution in [0.15, 0.2) is 0 Å². The van der Waals surface area contributed by atoms with Crippen LogP contribution in [0.3, 0.4) is 0 Å². The van der Waals surface area contributed by atoms with Crippen molar-refractivity contribution in [2.45, 2.75) is 0 Å². The van der Waals surface area contributed by atoms with Crippen molar-refractivity contribution in [3.05, 3.63) is 0 Å². The van der Waals surface area contributed by atoms with Gasteiger partial charge in [0.25, 0.3) is 0 Å². The molecule has 0 heterocycles. The average molecular weight is 457 g/mol. The molecular formula is Ge3Ti5. The van der Waals surface area contributed by atoms with Crippen molar-refractivity contribution >= 4 is 52.8 Å². The number of rotatable bonds is 0. The van der Waals surface area contributed by atoms with E-state index in [-0.39, 0.29) is 161 Å². The summed E-state index contributed by atoms with van der Waals surface area (Å²) in [6.45, 7) is 0. The fraction of sp³-hybridized carbons (Fsp3) is 0. The van der Waals surface area contributed by atoms with E-state index in [9.17, 15) is 0 Å². The molecule has 8 heteroatoms. The van der Waals surface area contributed by atoms with Gasteiger partial charge in [0, 0.05) is 161 Å². The van der Waals surface area contributed by atoms with Crippen molar-refractivity contribution in [3.63, 3.8) is 0 Å². The third-order valence-corrected chi connectivity index (χ3v) is 0. The predicted octanol–water partition coefficient (Wildman–Crippen LogP) is -1.15. The van der Waals surface area contributed by atoms with Gasteiger partial charge in [-0.25, -0.2) is 0 Å². The first kappa shape index (κ1) is 72.7. The van der Waals surface area contributed by atoms with Gasteiger partial charge in [0.05, 0.1) is 0 Å². The maximum Gasteiger partial charge on any atom is 0 e. The zero-order valence-corrected chi connectivity index (χ0v) is 18.1. The van der Waals surface area contributed by atoms with Crippen LogP contribution in [0.4, 0.5) is 0 Å². The molecule has 0 fully saturated rings. The van der Waals surface area contributed by atoms with Gasteiger partial charge in [0.1, 0.15) is 0 Å². The second-order valence-electron chi connectivity index (χ2n) is 0. The summed E-state index contributed by atoms with van der Waals surface area (Å²) in [5, 5.41) is 0. The van der Waals surface area contributed by atoms with E-state index < -0.39 is 0 Å². The fourth-order valence-corrected chi connectivity index (χ4v) is 0. The topological polar surface area (TPSA) is 0 Å². The molecule has 8 heavy (non-hydrogen) atoms. The maximum absolute atomic E-state index is 0.